The van der Waals surface area contributed by atoms with Gasteiger partial charge in [0, 0.05) is 43.1 Å². The number of hydrogen-bond donors (Lipinski definition) is 0. The number of ether oxygens (including phenoxy) is 2. The lowest BCUT2D eigenvalue weighted by Crippen LogP contribution is -2.15. The molecule has 0 radical (unpaired) electrons. The topological polar surface area (TPSA) is 44.2 Å². The number of hydrogen-bond acceptors (Lipinski definition) is 5. The number of aromatic nitrogens is 2. The van der Waals surface area contributed by atoms with E-state index >= 15 is 0 Å². The Hall–Kier alpha value is -6.74. The van der Waals surface area contributed by atoms with Gasteiger partial charge in [-0.15, -0.1) is 11.3 Å². The summed E-state index contributed by atoms with van der Waals surface area (Å²) in [5, 5.41) is 2.41. The van der Waals surface area contributed by atoms with Crippen LogP contribution in [0.1, 0.15) is 25.0 Å². The largest absolute Gasteiger partial charge is 0.449 e. The third kappa shape index (κ3) is 4.71. The van der Waals surface area contributed by atoms with E-state index in [1.165, 1.54) is 32.2 Å². The first kappa shape index (κ1) is 30.8. The summed E-state index contributed by atoms with van der Waals surface area (Å²) in [6, 6.07) is 56.7. The van der Waals surface area contributed by atoms with Gasteiger partial charge < -0.3 is 9.47 Å². The number of nitrogens with zero attached hydrogens (tertiary/aromatic N) is 2. The SMILES string of the molecule is CC1(C)c2ccccc2-c2c1ccc1c2Oc2cc(-c3ccccc3-c3nc(-c4ccccc4)cc(-c4ccc5c(c4)sc4c#cccc45)n3)ccc2O1. The maximum atomic E-state index is 6.83. The van der Waals surface area contributed by atoms with Crippen molar-refractivity contribution in [2.24, 2.45) is 0 Å². The predicted molar refractivity (Wildman–Crippen MR) is 218 cm³/mol. The Balaban J connectivity index is 1.03. The minimum Gasteiger partial charge on any atom is -0.449 e. The standard InChI is InChI=1S/C49H30N2O2S/c1-49(2)37-18-10-8-17-36(37)46-38(49)23-25-42-47(46)53-43-26-30(21-24-41(43)52-42)32-14-6-7-16-35(32)48-50-39(29-12-4-3-5-13-29)28-40(51-48)31-20-22-34-33-15-9-11-19-44(33)54-45(34)27-31/h3-10,12-18,20-28H,1-2H3. The van der Waals surface area contributed by atoms with Crippen LogP contribution in [0.5, 0.6) is 23.0 Å². The molecule has 0 atom stereocenters. The highest BCUT2D eigenvalue weighted by Gasteiger charge is 2.39. The highest BCUT2D eigenvalue weighted by atomic mass is 32.1. The lowest BCUT2D eigenvalue weighted by molar-refractivity contribution is 0.360. The van der Waals surface area contributed by atoms with Crippen LogP contribution in [0.2, 0.25) is 0 Å². The van der Waals surface area contributed by atoms with E-state index in [4.69, 9.17) is 19.4 Å². The van der Waals surface area contributed by atoms with Crippen molar-refractivity contribution in [3.05, 3.63) is 169 Å². The second-order valence-electron chi connectivity index (χ2n) is 14.4. The smallest absolute Gasteiger partial charge is 0.178 e. The minimum atomic E-state index is -0.139. The minimum absolute atomic E-state index is 0.139. The molecular weight excluding hydrogens is 681 g/mol. The zero-order chi connectivity index (χ0) is 36.0. The molecule has 254 valence electrons. The van der Waals surface area contributed by atoms with Crippen LogP contribution in [0.4, 0.5) is 0 Å². The molecule has 0 saturated carbocycles. The number of rotatable bonds is 4. The average molecular weight is 711 g/mol. The summed E-state index contributed by atoms with van der Waals surface area (Å²) in [7, 11) is 0. The fourth-order valence-corrected chi connectivity index (χ4v) is 9.25. The van der Waals surface area contributed by atoms with Crippen LogP contribution in [0.15, 0.2) is 146 Å². The van der Waals surface area contributed by atoms with Gasteiger partial charge in [0.2, 0.25) is 0 Å². The lowest BCUT2D eigenvalue weighted by Gasteiger charge is -2.25. The number of benzene rings is 6. The summed E-state index contributed by atoms with van der Waals surface area (Å²) in [6.07, 6.45) is 0. The zero-order valence-electron chi connectivity index (χ0n) is 29.5. The van der Waals surface area contributed by atoms with Gasteiger partial charge in [0.1, 0.15) is 0 Å². The second kappa shape index (κ2) is 11.6. The summed E-state index contributed by atoms with van der Waals surface area (Å²) in [6.45, 7) is 4.55. The fraction of sp³-hybridized carbons (Fsp3) is 0.0612. The molecule has 5 heteroatoms. The third-order valence-electron chi connectivity index (χ3n) is 10.9. The maximum absolute atomic E-state index is 6.83. The van der Waals surface area contributed by atoms with Crippen molar-refractivity contribution < 1.29 is 9.47 Å². The molecule has 9 aromatic rings. The quantitative estimate of drug-likeness (QED) is 0.182. The molecule has 0 spiro atoms. The molecule has 0 bridgehead atoms. The molecule has 0 amide bonds. The molecule has 7 aromatic carbocycles. The Bertz CT molecular complexity index is 2980. The summed E-state index contributed by atoms with van der Waals surface area (Å²) in [5.41, 5.74) is 11.4. The van der Waals surface area contributed by atoms with Crippen LogP contribution < -0.4 is 9.47 Å². The summed E-state index contributed by atoms with van der Waals surface area (Å²) in [4.78, 5) is 10.5. The Labute approximate surface area is 317 Å². The molecule has 1 aliphatic carbocycles. The van der Waals surface area contributed by atoms with Crippen LogP contribution in [-0.4, -0.2) is 9.97 Å². The maximum Gasteiger partial charge on any atom is 0.178 e. The van der Waals surface area contributed by atoms with Crippen molar-refractivity contribution in [1.82, 2.24) is 9.97 Å². The molecule has 0 fully saturated rings. The first-order valence-corrected chi connectivity index (χ1v) is 18.9. The van der Waals surface area contributed by atoms with Crippen molar-refractivity contribution >= 4 is 31.5 Å². The van der Waals surface area contributed by atoms with Crippen molar-refractivity contribution in [2.75, 3.05) is 0 Å². The molecule has 0 saturated heterocycles. The molecular formula is C49H30N2O2S. The first-order chi connectivity index (χ1) is 26.5. The highest BCUT2D eigenvalue weighted by Crippen LogP contribution is 2.58. The van der Waals surface area contributed by atoms with Crippen LogP contribution in [0.25, 0.3) is 76.3 Å². The number of thiophene rings is 1. The van der Waals surface area contributed by atoms with Crippen LogP contribution >= 0.6 is 11.3 Å². The van der Waals surface area contributed by atoms with E-state index in [-0.39, 0.29) is 5.41 Å². The van der Waals surface area contributed by atoms with Crippen molar-refractivity contribution in [1.29, 1.82) is 0 Å². The molecule has 1 aliphatic heterocycles. The molecule has 0 unspecified atom stereocenters. The molecule has 11 rings (SSSR count). The van der Waals surface area contributed by atoms with Crippen LogP contribution in [0.3, 0.4) is 0 Å². The van der Waals surface area contributed by atoms with Crippen molar-refractivity contribution in [3.8, 4) is 79.2 Å². The van der Waals surface area contributed by atoms with E-state index in [0.29, 0.717) is 17.3 Å². The lowest BCUT2D eigenvalue weighted by atomic mass is 9.82. The van der Waals surface area contributed by atoms with E-state index in [0.717, 1.165) is 61.0 Å². The van der Waals surface area contributed by atoms with E-state index < -0.39 is 0 Å². The van der Waals surface area contributed by atoms with Gasteiger partial charge in [-0.05, 0) is 70.3 Å². The van der Waals surface area contributed by atoms with E-state index in [9.17, 15) is 0 Å². The molecule has 2 aliphatic rings. The molecule has 3 heterocycles. The zero-order valence-corrected chi connectivity index (χ0v) is 30.3. The third-order valence-corrected chi connectivity index (χ3v) is 11.9. The predicted octanol–water partition coefficient (Wildman–Crippen LogP) is 13.3. The summed E-state index contributed by atoms with van der Waals surface area (Å²) >= 11 is 1.73. The Morgan fingerprint density at radius 3 is 2.17 bits per heavy atom. The van der Waals surface area contributed by atoms with Gasteiger partial charge in [-0.25, -0.2) is 9.97 Å². The Morgan fingerprint density at radius 1 is 0.556 bits per heavy atom. The van der Waals surface area contributed by atoms with Crippen molar-refractivity contribution in [3.63, 3.8) is 0 Å². The van der Waals surface area contributed by atoms with E-state index in [1.54, 1.807) is 11.3 Å². The molecule has 4 nitrogen and oxygen atoms in total. The fourth-order valence-electron chi connectivity index (χ4n) is 8.16. The van der Waals surface area contributed by atoms with Gasteiger partial charge in [-0.1, -0.05) is 129 Å². The Morgan fingerprint density at radius 2 is 1.30 bits per heavy atom. The van der Waals surface area contributed by atoms with Crippen molar-refractivity contribution in [2.45, 2.75) is 19.3 Å². The van der Waals surface area contributed by atoms with E-state index in [2.05, 4.69) is 129 Å². The average Bonchev–Trinajstić information content (AvgIpc) is 3.71. The molecule has 0 N–H and O–H groups in total. The van der Waals surface area contributed by atoms with Gasteiger partial charge >= 0.3 is 0 Å². The van der Waals surface area contributed by atoms with Gasteiger partial charge in [-0.2, -0.15) is 0 Å². The monoisotopic (exact) mass is 710 g/mol. The summed E-state index contributed by atoms with van der Waals surface area (Å²) < 4.78 is 15.6. The van der Waals surface area contributed by atoms with Crippen LogP contribution in [0, 0.1) is 12.1 Å². The van der Waals surface area contributed by atoms with Gasteiger partial charge in [0.15, 0.2) is 28.8 Å². The molecule has 2 aromatic heterocycles. The van der Waals surface area contributed by atoms with Gasteiger partial charge in [0.25, 0.3) is 0 Å². The normalized spacial score (nSPS) is 13.3. The number of fused-ring (bicyclic) bond motifs is 9. The van der Waals surface area contributed by atoms with Gasteiger partial charge in [0.05, 0.1) is 16.1 Å². The van der Waals surface area contributed by atoms with Crippen LogP contribution in [-0.2, 0) is 5.41 Å². The second-order valence-corrected chi connectivity index (χ2v) is 15.4. The highest BCUT2D eigenvalue weighted by molar-refractivity contribution is 7.25. The first-order valence-electron chi connectivity index (χ1n) is 18.1. The summed E-state index contributed by atoms with van der Waals surface area (Å²) in [5.74, 6) is 3.50. The Kier molecular flexibility index (Phi) is 6.64. The molecule has 54 heavy (non-hydrogen) atoms. The van der Waals surface area contributed by atoms with E-state index in [1.807, 2.05) is 42.5 Å². The van der Waals surface area contributed by atoms with Gasteiger partial charge in [-0.3, -0.25) is 0 Å².